The van der Waals surface area contributed by atoms with Crippen molar-refractivity contribution in [2.75, 3.05) is 25.6 Å². The van der Waals surface area contributed by atoms with Crippen LogP contribution in [0, 0.1) is 0 Å². The van der Waals surface area contributed by atoms with E-state index in [9.17, 15) is 14.7 Å². The van der Waals surface area contributed by atoms with Gasteiger partial charge in [0, 0.05) is 18.8 Å². The molecule has 1 aromatic rings. The van der Waals surface area contributed by atoms with Gasteiger partial charge in [0.25, 0.3) is 0 Å². The fourth-order valence-electron chi connectivity index (χ4n) is 2.47. The molecule has 0 saturated carbocycles. The van der Waals surface area contributed by atoms with E-state index in [-0.39, 0.29) is 12.5 Å². The van der Waals surface area contributed by atoms with Crippen LogP contribution in [-0.2, 0) is 14.3 Å². The van der Waals surface area contributed by atoms with Gasteiger partial charge < -0.3 is 25.2 Å². The second kappa shape index (κ2) is 8.86. The zero-order valence-corrected chi connectivity index (χ0v) is 14.1. The van der Waals surface area contributed by atoms with Crippen LogP contribution in [0.5, 0.6) is 5.75 Å². The van der Waals surface area contributed by atoms with Crippen molar-refractivity contribution in [2.24, 2.45) is 0 Å². The predicted molar refractivity (Wildman–Crippen MR) is 89.7 cm³/mol. The molecule has 0 bridgehead atoms. The number of benzene rings is 1. The van der Waals surface area contributed by atoms with E-state index >= 15 is 0 Å². The number of halogens is 1. The highest BCUT2D eigenvalue weighted by atomic mass is 35.5. The number of aliphatic carboxylic acids is 1. The lowest BCUT2D eigenvalue weighted by molar-refractivity contribution is -0.141. The Labute approximate surface area is 145 Å². The highest BCUT2D eigenvalue weighted by Crippen LogP contribution is 2.27. The first-order valence-corrected chi connectivity index (χ1v) is 8.08. The smallest absolute Gasteiger partial charge is 0.321 e. The van der Waals surface area contributed by atoms with Crippen molar-refractivity contribution in [1.29, 1.82) is 0 Å². The second-order valence-corrected chi connectivity index (χ2v) is 5.94. The molecule has 1 saturated heterocycles. The second-order valence-electron chi connectivity index (χ2n) is 5.54. The number of hydrogen-bond donors (Lipinski definition) is 3. The number of rotatable bonds is 8. The first-order valence-electron chi connectivity index (χ1n) is 7.70. The number of nitrogens with one attached hydrogen (secondary N) is 2. The molecule has 132 valence electrons. The van der Waals surface area contributed by atoms with Gasteiger partial charge in [0.05, 0.1) is 24.7 Å². The van der Waals surface area contributed by atoms with Crippen LogP contribution < -0.4 is 15.4 Å². The molecule has 1 heterocycles. The number of amides is 1. The third-order valence-corrected chi connectivity index (χ3v) is 4.03. The van der Waals surface area contributed by atoms with Crippen LogP contribution in [0.1, 0.15) is 19.3 Å². The van der Waals surface area contributed by atoms with E-state index in [2.05, 4.69) is 10.6 Å². The van der Waals surface area contributed by atoms with Gasteiger partial charge in [-0.1, -0.05) is 11.6 Å². The van der Waals surface area contributed by atoms with Crippen molar-refractivity contribution >= 4 is 29.2 Å². The number of ether oxygens (including phenoxy) is 2. The highest BCUT2D eigenvalue weighted by molar-refractivity contribution is 6.32. The normalized spacial score (nSPS) is 18.2. The number of carbonyl (C=O) groups excluding carboxylic acids is 1. The van der Waals surface area contributed by atoms with Gasteiger partial charge in [0.2, 0.25) is 5.91 Å². The third kappa shape index (κ3) is 5.36. The Hall–Kier alpha value is -1.83. The summed E-state index contributed by atoms with van der Waals surface area (Å²) < 4.78 is 10.5. The molecular weight excluding hydrogens is 336 g/mol. The molecule has 2 atom stereocenters. The largest absolute Gasteiger partial charge is 0.495 e. The van der Waals surface area contributed by atoms with E-state index in [4.69, 9.17) is 21.1 Å². The van der Waals surface area contributed by atoms with Gasteiger partial charge in [-0.15, -0.1) is 0 Å². The molecule has 2 rings (SSSR count). The summed E-state index contributed by atoms with van der Waals surface area (Å²) in [5.41, 5.74) is 0.481. The van der Waals surface area contributed by atoms with Crippen molar-refractivity contribution in [3.63, 3.8) is 0 Å². The molecule has 1 fully saturated rings. The molecule has 0 aromatic heterocycles. The Morgan fingerprint density at radius 3 is 2.88 bits per heavy atom. The zero-order valence-electron chi connectivity index (χ0n) is 13.4. The first kappa shape index (κ1) is 18.5. The summed E-state index contributed by atoms with van der Waals surface area (Å²) >= 11 is 5.99. The lowest BCUT2D eigenvalue weighted by atomic mass is 10.1. The Morgan fingerprint density at radius 1 is 1.50 bits per heavy atom. The zero-order chi connectivity index (χ0) is 17.5. The topological polar surface area (TPSA) is 96.9 Å². The van der Waals surface area contributed by atoms with Gasteiger partial charge >= 0.3 is 5.97 Å². The van der Waals surface area contributed by atoms with Gasteiger partial charge in [-0.3, -0.25) is 9.59 Å². The van der Waals surface area contributed by atoms with Crippen LogP contribution in [0.25, 0.3) is 0 Å². The van der Waals surface area contributed by atoms with Crippen LogP contribution in [0.2, 0.25) is 5.02 Å². The van der Waals surface area contributed by atoms with Gasteiger partial charge in [0.15, 0.2) is 0 Å². The number of anilines is 1. The highest BCUT2D eigenvalue weighted by Gasteiger charge is 2.24. The molecule has 1 aromatic carbocycles. The average Bonchev–Trinajstić information content (AvgIpc) is 3.04. The number of carboxylic acid groups (broad SMARTS) is 1. The summed E-state index contributed by atoms with van der Waals surface area (Å²) in [6, 6.07) is 3.84. The molecule has 0 spiro atoms. The molecule has 24 heavy (non-hydrogen) atoms. The molecule has 0 aliphatic carbocycles. The van der Waals surface area contributed by atoms with Crippen LogP contribution in [-0.4, -0.2) is 49.4 Å². The molecule has 0 unspecified atom stereocenters. The molecule has 7 nitrogen and oxygen atoms in total. The summed E-state index contributed by atoms with van der Waals surface area (Å²) in [4.78, 5) is 23.4. The molecular formula is C16H21ClN2O5. The first-order chi connectivity index (χ1) is 11.5. The van der Waals surface area contributed by atoms with E-state index in [1.165, 1.54) is 7.11 Å². The van der Waals surface area contributed by atoms with Crippen molar-refractivity contribution in [3.05, 3.63) is 23.2 Å². The van der Waals surface area contributed by atoms with E-state index in [0.717, 1.165) is 12.8 Å². The SMILES string of the molecule is COc1ccc(NC(=O)C[C@H](NC[C@@H]2CCCO2)C(=O)O)cc1Cl. The van der Waals surface area contributed by atoms with Gasteiger partial charge in [-0.2, -0.15) is 0 Å². The van der Waals surface area contributed by atoms with Crippen LogP contribution >= 0.6 is 11.6 Å². The Kier molecular flexibility index (Phi) is 6.84. The predicted octanol–water partition coefficient (Wildman–Crippen LogP) is 1.90. The summed E-state index contributed by atoms with van der Waals surface area (Å²) in [6.45, 7) is 1.11. The van der Waals surface area contributed by atoms with Gasteiger partial charge in [-0.05, 0) is 31.0 Å². The Morgan fingerprint density at radius 2 is 2.29 bits per heavy atom. The summed E-state index contributed by atoms with van der Waals surface area (Å²) in [6.07, 6.45) is 1.69. The molecule has 1 aliphatic rings. The molecule has 0 radical (unpaired) electrons. The monoisotopic (exact) mass is 356 g/mol. The van der Waals surface area contributed by atoms with Crippen molar-refractivity contribution in [3.8, 4) is 5.75 Å². The quantitative estimate of drug-likeness (QED) is 0.658. The maximum absolute atomic E-state index is 12.1. The molecule has 1 amide bonds. The minimum atomic E-state index is -1.07. The Bertz CT molecular complexity index is 590. The minimum absolute atomic E-state index is 0.00954. The van der Waals surface area contributed by atoms with Crippen LogP contribution in [0.15, 0.2) is 18.2 Å². The average molecular weight is 357 g/mol. The lowest BCUT2D eigenvalue weighted by Gasteiger charge is -2.17. The molecule has 3 N–H and O–H groups in total. The fraction of sp³-hybridized carbons (Fsp3) is 0.500. The molecule has 1 aliphatic heterocycles. The summed E-state index contributed by atoms with van der Waals surface area (Å²) in [5.74, 6) is -0.990. The maximum atomic E-state index is 12.1. The lowest BCUT2D eigenvalue weighted by Crippen LogP contribution is -2.43. The number of carbonyl (C=O) groups is 2. The van der Waals surface area contributed by atoms with E-state index < -0.39 is 17.9 Å². The number of methoxy groups -OCH3 is 1. The van der Waals surface area contributed by atoms with E-state index in [0.29, 0.717) is 29.6 Å². The Balaban J connectivity index is 1.87. The van der Waals surface area contributed by atoms with Crippen molar-refractivity contribution < 1.29 is 24.2 Å². The van der Waals surface area contributed by atoms with E-state index in [1.54, 1.807) is 18.2 Å². The number of carboxylic acids is 1. The van der Waals surface area contributed by atoms with Crippen molar-refractivity contribution in [2.45, 2.75) is 31.4 Å². The van der Waals surface area contributed by atoms with E-state index in [1.807, 2.05) is 0 Å². The fourth-order valence-corrected chi connectivity index (χ4v) is 2.73. The maximum Gasteiger partial charge on any atom is 0.321 e. The number of hydrogen-bond acceptors (Lipinski definition) is 5. The molecule has 8 heteroatoms. The summed E-state index contributed by atoms with van der Waals surface area (Å²) in [7, 11) is 1.50. The standard InChI is InChI=1S/C16H21ClN2O5/c1-23-14-5-4-10(7-12(14)17)19-15(20)8-13(16(21)22)18-9-11-3-2-6-24-11/h4-5,7,11,13,18H,2-3,6,8-9H2,1H3,(H,19,20)(H,21,22)/t11-,13-/m0/s1. The van der Waals surface area contributed by atoms with Gasteiger partial charge in [0.1, 0.15) is 11.8 Å². The van der Waals surface area contributed by atoms with Crippen molar-refractivity contribution in [1.82, 2.24) is 5.32 Å². The minimum Gasteiger partial charge on any atom is -0.495 e. The van der Waals surface area contributed by atoms with Gasteiger partial charge in [-0.25, -0.2) is 0 Å². The van der Waals surface area contributed by atoms with Crippen LogP contribution in [0.4, 0.5) is 5.69 Å². The van der Waals surface area contributed by atoms with Crippen LogP contribution in [0.3, 0.4) is 0 Å². The summed E-state index contributed by atoms with van der Waals surface area (Å²) in [5, 5.41) is 15.1. The third-order valence-electron chi connectivity index (χ3n) is 3.74.